The highest BCUT2D eigenvalue weighted by Crippen LogP contribution is 2.30. The Morgan fingerprint density at radius 1 is 0.614 bits per heavy atom. The molecular formula is C43H79NO13. The van der Waals surface area contributed by atoms with Gasteiger partial charge in [0.15, 0.2) is 12.6 Å². The summed E-state index contributed by atoms with van der Waals surface area (Å²) in [7, 11) is 0. The quantitative estimate of drug-likeness (QED) is 0.0348. The second-order valence-electron chi connectivity index (χ2n) is 15.8. The second-order valence-corrected chi connectivity index (χ2v) is 15.8. The van der Waals surface area contributed by atoms with Crippen LogP contribution in [-0.2, 0) is 23.7 Å². The van der Waals surface area contributed by atoms with E-state index in [0.29, 0.717) is 12.8 Å². The average molecular weight is 818 g/mol. The molecule has 0 saturated carbocycles. The second kappa shape index (κ2) is 31.4. The lowest BCUT2D eigenvalue weighted by Gasteiger charge is -2.46. The van der Waals surface area contributed by atoms with E-state index in [1.54, 1.807) is 6.08 Å². The lowest BCUT2D eigenvalue weighted by Crippen LogP contribution is -2.65. The molecule has 9 N–H and O–H groups in total. The van der Waals surface area contributed by atoms with E-state index in [0.717, 1.165) is 32.1 Å². The molecule has 0 radical (unpaired) electrons. The average Bonchev–Trinajstić information content (AvgIpc) is 3.21. The fourth-order valence-corrected chi connectivity index (χ4v) is 7.19. The Balaban J connectivity index is 1.94. The molecule has 2 aliphatic heterocycles. The summed E-state index contributed by atoms with van der Waals surface area (Å²) in [5.41, 5.74) is 0. The molecule has 0 bridgehead atoms. The zero-order valence-electron chi connectivity index (χ0n) is 34.8. The van der Waals surface area contributed by atoms with Crippen LogP contribution in [0.4, 0.5) is 0 Å². The minimum Gasteiger partial charge on any atom is -0.394 e. The molecule has 0 spiro atoms. The maximum Gasteiger partial charge on any atom is 0.220 e. The molecule has 334 valence electrons. The summed E-state index contributed by atoms with van der Waals surface area (Å²) in [5, 5.41) is 86.2. The number of carbonyl (C=O) groups excluding carboxylic acids is 1. The van der Waals surface area contributed by atoms with E-state index in [1.165, 1.54) is 83.5 Å². The minimum absolute atomic E-state index is 0.253. The van der Waals surface area contributed by atoms with Crippen molar-refractivity contribution in [2.45, 2.75) is 222 Å². The molecule has 12 atom stereocenters. The molecule has 0 aliphatic carbocycles. The zero-order chi connectivity index (χ0) is 41.8. The lowest BCUT2D eigenvalue weighted by atomic mass is 9.97. The maximum atomic E-state index is 13.0. The van der Waals surface area contributed by atoms with Gasteiger partial charge in [-0.25, -0.2) is 0 Å². The summed E-state index contributed by atoms with van der Waals surface area (Å²) in [4.78, 5) is 13.0. The number of amides is 1. The van der Waals surface area contributed by atoms with E-state index in [9.17, 15) is 45.6 Å². The van der Waals surface area contributed by atoms with Gasteiger partial charge >= 0.3 is 0 Å². The highest BCUT2D eigenvalue weighted by Gasteiger charge is 2.50. The van der Waals surface area contributed by atoms with Crippen molar-refractivity contribution in [3.63, 3.8) is 0 Å². The number of rotatable bonds is 32. The Labute approximate surface area is 341 Å². The highest BCUT2D eigenvalue weighted by molar-refractivity contribution is 5.76. The molecule has 0 aromatic carbocycles. The third-order valence-corrected chi connectivity index (χ3v) is 10.9. The molecule has 14 heteroatoms. The van der Waals surface area contributed by atoms with Gasteiger partial charge in [-0.2, -0.15) is 0 Å². The van der Waals surface area contributed by atoms with E-state index >= 15 is 0 Å². The Morgan fingerprint density at radius 3 is 1.72 bits per heavy atom. The predicted molar refractivity (Wildman–Crippen MR) is 217 cm³/mol. The van der Waals surface area contributed by atoms with Crippen molar-refractivity contribution in [1.82, 2.24) is 5.32 Å². The molecule has 1 amide bonds. The number of nitrogens with one attached hydrogen (secondary N) is 1. The van der Waals surface area contributed by atoms with Crippen LogP contribution in [0.3, 0.4) is 0 Å². The molecule has 0 aromatic rings. The van der Waals surface area contributed by atoms with Gasteiger partial charge in [-0.05, 0) is 32.1 Å². The molecule has 2 heterocycles. The molecule has 14 nitrogen and oxygen atoms in total. The first-order valence-corrected chi connectivity index (χ1v) is 22.1. The van der Waals surface area contributed by atoms with Gasteiger partial charge in [0.25, 0.3) is 0 Å². The predicted octanol–water partition coefficient (Wildman–Crippen LogP) is 3.82. The fourth-order valence-electron chi connectivity index (χ4n) is 7.19. The summed E-state index contributed by atoms with van der Waals surface area (Å²) >= 11 is 0. The van der Waals surface area contributed by atoms with Crippen molar-refractivity contribution in [2.24, 2.45) is 0 Å². The molecule has 2 aliphatic rings. The van der Waals surface area contributed by atoms with E-state index in [-0.39, 0.29) is 18.9 Å². The summed E-state index contributed by atoms with van der Waals surface area (Å²) in [6, 6.07) is -0.923. The van der Waals surface area contributed by atoms with Gasteiger partial charge in [-0.1, -0.05) is 134 Å². The van der Waals surface area contributed by atoms with Gasteiger partial charge in [0.05, 0.1) is 32.0 Å². The number of unbranched alkanes of at least 4 members (excludes halogenated alkanes) is 17. The van der Waals surface area contributed by atoms with Crippen LogP contribution in [0.25, 0.3) is 0 Å². The van der Waals surface area contributed by atoms with Gasteiger partial charge in [-0.3, -0.25) is 4.79 Å². The molecule has 2 saturated heterocycles. The number of aliphatic hydroxyl groups is 8. The first kappa shape index (κ1) is 51.6. The highest BCUT2D eigenvalue weighted by atomic mass is 16.7. The Hall–Kier alpha value is -1.53. The number of ether oxygens (including phenoxy) is 4. The Morgan fingerprint density at radius 2 is 1.12 bits per heavy atom. The van der Waals surface area contributed by atoms with Crippen molar-refractivity contribution in [3.05, 3.63) is 24.3 Å². The SMILES string of the molecule is CCCCCCC/C=C/CC/C=C/C(O)C(COC1OC(CO)C(OC2OC(CO)C(O)C(O)C2O)C(O)C1O)NC(=O)CCCCCCCCCCCCCC. The molecular weight excluding hydrogens is 738 g/mol. The van der Waals surface area contributed by atoms with E-state index in [1.807, 2.05) is 6.08 Å². The number of hydrogen-bond acceptors (Lipinski definition) is 13. The fraction of sp³-hybridized carbons (Fsp3) is 0.884. The summed E-state index contributed by atoms with van der Waals surface area (Å²) in [5.74, 6) is -0.253. The van der Waals surface area contributed by atoms with Crippen molar-refractivity contribution in [1.29, 1.82) is 0 Å². The van der Waals surface area contributed by atoms with Crippen LogP contribution in [-0.4, -0.2) is 140 Å². The van der Waals surface area contributed by atoms with Gasteiger partial charge in [0, 0.05) is 6.42 Å². The molecule has 57 heavy (non-hydrogen) atoms. The first-order chi connectivity index (χ1) is 27.6. The smallest absolute Gasteiger partial charge is 0.220 e. The van der Waals surface area contributed by atoms with E-state index < -0.39 is 86.8 Å². The lowest BCUT2D eigenvalue weighted by molar-refractivity contribution is -0.359. The number of carbonyl (C=O) groups is 1. The van der Waals surface area contributed by atoms with Crippen LogP contribution in [0.2, 0.25) is 0 Å². The van der Waals surface area contributed by atoms with Crippen LogP contribution in [0.15, 0.2) is 24.3 Å². The molecule has 12 unspecified atom stereocenters. The van der Waals surface area contributed by atoms with Crippen LogP contribution < -0.4 is 5.32 Å². The van der Waals surface area contributed by atoms with Crippen molar-refractivity contribution >= 4 is 5.91 Å². The minimum atomic E-state index is -1.79. The molecule has 2 rings (SSSR count). The van der Waals surface area contributed by atoms with Gasteiger partial charge < -0.3 is 65.1 Å². The van der Waals surface area contributed by atoms with Crippen molar-refractivity contribution < 1.29 is 64.6 Å². The van der Waals surface area contributed by atoms with Gasteiger partial charge in [0.2, 0.25) is 5.91 Å². The van der Waals surface area contributed by atoms with Crippen LogP contribution >= 0.6 is 0 Å². The normalized spacial score (nSPS) is 29.3. The number of hydrogen-bond donors (Lipinski definition) is 9. The Bertz CT molecular complexity index is 1060. The van der Waals surface area contributed by atoms with Crippen LogP contribution in [0, 0.1) is 0 Å². The summed E-state index contributed by atoms with van der Waals surface area (Å²) in [6.07, 6.45) is 13.8. The molecule has 2 fully saturated rings. The zero-order valence-corrected chi connectivity index (χ0v) is 34.8. The van der Waals surface area contributed by atoms with Crippen LogP contribution in [0.5, 0.6) is 0 Å². The number of allylic oxidation sites excluding steroid dienone is 3. The number of aliphatic hydroxyl groups excluding tert-OH is 8. The van der Waals surface area contributed by atoms with E-state index in [4.69, 9.17) is 18.9 Å². The monoisotopic (exact) mass is 818 g/mol. The maximum absolute atomic E-state index is 13.0. The van der Waals surface area contributed by atoms with Gasteiger partial charge in [-0.15, -0.1) is 0 Å². The van der Waals surface area contributed by atoms with Crippen LogP contribution in [0.1, 0.15) is 149 Å². The Kier molecular flexibility index (Phi) is 28.4. The summed E-state index contributed by atoms with van der Waals surface area (Å²) in [6.45, 7) is 2.70. The summed E-state index contributed by atoms with van der Waals surface area (Å²) < 4.78 is 22.6. The standard InChI is InChI=1S/C43H79NO13/c1-3-5-7-9-11-13-15-17-19-21-23-25-27-35(48)44-31(32(47)26-24-22-20-18-16-14-12-10-8-6-4-2)30-54-42-40(53)38(51)41(34(29-46)56-42)57-43-39(52)37(50)36(49)33(28-45)55-43/h16,18,24,26,31-34,36-43,45-47,49-53H,3-15,17,19-23,25,27-30H2,1-2H3,(H,44,48)/b18-16+,26-24+. The van der Waals surface area contributed by atoms with E-state index in [2.05, 4.69) is 31.3 Å². The molecule has 0 aromatic heterocycles. The topological polar surface area (TPSA) is 228 Å². The largest absolute Gasteiger partial charge is 0.394 e. The van der Waals surface area contributed by atoms with Crippen molar-refractivity contribution in [2.75, 3.05) is 19.8 Å². The third-order valence-electron chi connectivity index (χ3n) is 10.9. The third kappa shape index (κ3) is 20.1. The first-order valence-electron chi connectivity index (χ1n) is 22.1. The van der Waals surface area contributed by atoms with Gasteiger partial charge in [0.1, 0.15) is 48.8 Å². The van der Waals surface area contributed by atoms with Crippen molar-refractivity contribution in [3.8, 4) is 0 Å².